The third kappa shape index (κ3) is 3.12. The van der Waals surface area contributed by atoms with Crippen molar-refractivity contribution in [1.29, 1.82) is 0 Å². The molecule has 0 aliphatic carbocycles. The average Bonchev–Trinajstić information content (AvgIpc) is 3.65. The maximum absolute atomic E-state index is 2.61. The zero-order chi connectivity index (χ0) is 29.9. The fraction of sp³-hybridized carbons (Fsp3) is 0. The molecule has 4 heterocycles. The fourth-order valence-electron chi connectivity index (χ4n) is 8.35. The first-order valence-electron chi connectivity index (χ1n) is 15.9. The number of hydrogen-bond acceptors (Lipinski definition) is 2. The Labute approximate surface area is 270 Å². The molecule has 0 fully saturated rings. The van der Waals surface area contributed by atoms with Crippen LogP contribution in [0.1, 0.15) is 0 Å². The van der Waals surface area contributed by atoms with Crippen LogP contribution in [0.4, 0.5) is 11.4 Å². The van der Waals surface area contributed by atoms with Crippen LogP contribution in [0.15, 0.2) is 152 Å². The van der Waals surface area contributed by atoms with E-state index in [0.717, 1.165) is 0 Å². The van der Waals surface area contributed by atoms with E-state index >= 15 is 0 Å². The second-order valence-corrected chi connectivity index (χ2v) is 13.5. The van der Waals surface area contributed by atoms with Gasteiger partial charge in [-0.1, -0.05) is 103 Å². The van der Waals surface area contributed by atoms with Gasteiger partial charge in [-0.25, -0.2) is 0 Å². The molecule has 46 heavy (non-hydrogen) atoms. The quantitative estimate of drug-likeness (QED) is 0.170. The molecule has 0 saturated carbocycles. The average molecular weight is 601 g/mol. The van der Waals surface area contributed by atoms with Crippen molar-refractivity contribution in [3.8, 4) is 27.9 Å². The first-order chi connectivity index (χ1) is 22.8. The van der Waals surface area contributed by atoms with Gasteiger partial charge in [-0.2, -0.15) is 0 Å². The number of aromatic nitrogens is 1. The van der Waals surface area contributed by atoms with Crippen molar-refractivity contribution in [3.05, 3.63) is 152 Å². The molecule has 0 bridgehead atoms. The second-order valence-electron chi connectivity index (χ2n) is 12.5. The lowest BCUT2D eigenvalue weighted by Gasteiger charge is -2.43. The topological polar surface area (TPSA) is 8.17 Å². The number of thiophene rings is 1. The largest absolute Gasteiger partial charge is 0.376 e. The van der Waals surface area contributed by atoms with Crippen LogP contribution < -0.4 is 15.7 Å². The highest BCUT2D eigenvalue weighted by atomic mass is 32.1. The number of hydrogen-bond donors (Lipinski definition) is 0. The molecule has 4 heteroatoms. The van der Waals surface area contributed by atoms with Crippen LogP contribution in [0.3, 0.4) is 0 Å². The lowest BCUT2D eigenvalue weighted by atomic mass is 9.43. The summed E-state index contributed by atoms with van der Waals surface area (Å²) >= 11 is 1.89. The maximum Gasteiger partial charge on any atom is 0.329 e. The molecule has 2 aliphatic rings. The summed E-state index contributed by atoms with van der Waals surface area (Å²) < 4.78 is 5.14. The highest BCUT2D eigenvalue weighted by molar-refractivity contribution is 7.25. The lowest BCUT2D eigenvalue weighted by Crippen LogP contribution is -2.59. The summed E-state index contributed by atoms with van der Waals surface area (Å²) in [6, 6.07) is 56.3. The van der Waals surface area contributed by atoms with E-state index in [4.69, 9.17) is 0 Å². The molecule has 0 radical (unpaired) electrons. The number of fused-ring (bicyclic) bond motifs is 18. The van der Waals surface area contributed by atoms with Gasteiger partial charge in [0.15, 0.2) is 0 Å². The fourth-order valence-corrected chi connectivity index (χ4v) is 9.48. The van der Waals surface area contributed by atoms with E-state index in [9.17, 15) is 0 Å². The molecule has 0 N–H and O–H groups in total. The minimum Gasteiger partial charge on any atom is -0.376 e. The van der Waals surface area contributed by atoms with Crippen molar-refractivity contribution in [3.63, 3.8) is 0 Å². The van der Waals surface area contributed by atoms with Crippen molar-refractivity contribution in [2.24, 2.45) is 0 Å². The zero-order valence-corrected chi connectivity index (χ0v) is 25.6. The summed E-state index contributed by atoms with van der Waals surface area (Å²) in [6.45, 7) is 0.101. The van der Waals surface area contributed by atoms with Crippen LogP contribution in [0.2, 0.25) is 0 Å². The van der Waals surface area contributed by atoms with Crippen LogP contribution in [0, 0.1) is 0 Å². The lowest BCUT2D eigenvalue weighted by molar-refractivity contribution is 1.18. The molecule has 11 rings (SSSR count). The second kappa shape index (κ2) is 9.00. The molecule has 7 aromatic carbocycles. The predicted octanol–water partition coefficient (Wildman–Crippen LogP) is 10.1. The van der Waals surface area contributed by atoms with E-state index in [1.807, 2.05) is 11.3 Å². The molecule has 0 unspecified atom stereocenters. The van der Waals surface area contributed by atoms with Gasteiger partial charge >= 0.3 is 6.85 Å². The molecule has 0 saturated heterocycles. The Kier molecular flexibility index (Phi) is 4.83. The highest BCUT2D eigenvalue weighted by Crippen LogP contribution is 2.51. The Balaban J connectivity index is 1.33. The van der Waals surface area contributed by atoms with E-state index in [1.54, 1.807) is 0 Å². The van der Waals surface area contributed by atoms with Crippen molar-refractivity contribution < 1.29 is 0 Å². The number of benzene rings is 7. The van der Waals surface area contributed by atoms with Crippen LogP contribution >= 0.6 is 11.3 Å². The summed E-state index contributed by atoms with van der Waals surface area (Å²) in [5.41, 5.74) is 14.2. The van der Waals surface area contributed by atoms with Crippen molar-refractivity contribution in [2.45, 2.75) is 0 Å². The number of rotatable bonds is 1. The van der Waals surface area contributed by atoms with Gasteiger partial charge in [0.1, 0.15) is 0 Å². The van der Waals surface area contributed by atoms with Crippen molar-refractivity contribution >= 4 is 82.5 Å². The molecular weight excluding hydrogens is 575 g/mol. The molecule has 9 aromatic rings. The molecule has 2 aliphatic heterocycles. The molecule has 2 aromatic heterocycles. The summed E-state index contributed by atoms with van der Waals surface area (Å²) in [5.74, 6) is 0. The summed E-state index contributed by atoms with van der Waals surface area (Å²) in [6.07, 6.45) is 0. The maximum atomic E-state index is 2.61. The Morgan fingerprint density at radius 3 is 2.02 bits per heavy atom. The smallest absolute Gasteiger partial charge is 0.329 e. The Morgan fingerprint density at radius 1 is 0.457 bits per heavy atom. The van der Waals surface area contributed by atoms with Gasteiger partial charge in [0.05, 0.1) is 11.0 Å². The van der Waals surface area contributed by atoms with Gasteiger partial charge in [0.25, 0.3) is 0 Å². The third-order valence-corrected chi connectivity index (χ3v) is 11.3. The molecule has 0 atom stereocenters. The highest BCUT2D eigenvalue weighted by Gasteiger charge is 2.42. The standard InChI is InChI=1S/C42H25BN2S/c1-2-12-26(13-3-1)44-36-22-23-37-41(42(36)32-25-40-31(24-38(32)44)29-16-7-11-21-39(29)46-40)30-17-5-9-19-34(30)43-33-18-8-4-14-27(33)28-15-6-10-20-35(28)45(37)43/h1-25H. The van der Waals surface area contributed by atoms with Crippen LogP contribution in [-0.4, -0.2) is 11.4 Å². The molecule has 0 amide bonds. The normalized spacial score (nSPS) is 13.1. The van der Waals surface area contributed by atoms with Crippen molar-refractivity contribution in [2.75, 3.05) is 4.81 Å². The minimum absolute atomic E-state index is 0.101. The van der Waals surface area contributed by atoms with E-state index in [-0.39, 0.29) is 6.85 Å². The molecule has 2 nitrogen and oxygen atoms in total. The summed E-state index contributed by atoms with van der Waals surface area (Å²) in [7, 11) is 0. The predicted molar refractivity (Wildman–Crippen MR) is 198 cm³/mol. The molecular formula is C42H25BN2S. The SMILES string of the molecule is c1ccc(-n2c3cc4c(cc3c3c5c(ccc32)N2B(c3ccccc3-c3ccccc32)c2ccccc2-5)sc2ccccc24)cc1. The minimum atomic E-state index is 0.101. The van der Waals surface area contributed by atoms with Crippen molar-refractivity contribution in [1.82, 2.24) is 4.57 Å². The number of nitrogens with zero attached hydrogens (tertiary/aromatic N) is 2. The van der Waals surface area contributed by atoms with E-state index < -0.39 is 0 Å². The van der Waals surface area contributed by atoms with Crippen LogP contribution in [-0.2, 0) is 0 Å². The van der Waals surface area contributed by atoms with Crippen LogP contribution in [0.25, 0.3) is 69.9 Å². The molecule has 0 spiro atoms. The van der Waals surface area contributed by atoms with Gasteiger partial charge in [-0.05, 0) is 70.6 Å². The number of para-hydroxylation sites is 2. The first-order valence-corrected chi connectivity index (χ1v) is 16.7. The molecule has 212 valence electrons. The van der Waals surface area contributed by atoms with Gasteiger partial charge in [0.2, 0.25) is 0 Å². The third-order valence-electron chi connectivity index (χ3n) is 10.2. The Bertz CT molecular complexity index is 2720. The monoisotopic (exact) mass is 600 g/mol. The zero-order valence-electron chi connectivity index (χ0n) is 24.8. The van der Waals surface area contributed by atoms with Gasteiger partial charge in [-0.3, -0.25) is 0 Å². The van der Waals surface area contributed by atoms with Gasteiger partial charge in [0, 0.05) is 59.1 Å². The Morgan fingerprint density at radius 2 is 1.15 bits per heavy atom. The number of anilines is 2. The van der Waals surface area contributed by atoms with E-state index in [1.165, 1.54) is 92.2 Å². The van der Waals surface area contributed by atoms with E-state index in [2.05, 4.69) is 161 Å². The summed E-state index contributed by atoms with van der Waals surface area (Å²) in [4.78, 5) is 2.61. The van der Waals surface area contributed by atoms with E-state index in [0.29, 0.717) is 0 Å². The van der Waals surface area contributed by atoms with Crippen LogP contribution in [0.5, 0.6) is 0 Å². The summed E-state index contributed by atoms with van der Waals surface area (Å²) in [5, 5.41) is 5.27. The Hall–Kier alpha value is -5.58. The van der Waals surface area contributed by atoms with Gasteiger partial charge in [-0.15, -0.1) is 11.3 Å². The first kappa shape index (κ1) is 24.7. The van der Waals surface area contributed by atoms with Gasteiger partial charge < -0.3 is 9.38 Å².